The van der Waals surface area contributed by atoms with Gasteiger partial charge in [0, 0.05) is 18.8 Å². The molecular formula is C32H25F2N7O5. The van der Waals surface area contributed by atoms with Crippen LogP contribution >= 0.6 is 0 Å². The highest BCUT2D eigenvalue weighted by atomic mass is 19.2. The summed E-state index contributed by atoms with van der Waals surface area (Å²) in [6, 6.07) is 10.4. The first-order valence-corrected chi connectivity index (χ1v) is 14.1. The lowest BCUT2D eigenvalue weighted by atomic mass is 9.98. The van der Waals surface area contributed by atoms with E-state index in [9.17, 15) is 33.1 Å². The first-order valence-electron chi connectivity index (χ1n) is 14.1. The van der Waals surface area contributed by atoms with E-state index >= 15 is 0 Å². The number of aromatic nitrogens is 4. The molecule has 3 heterocycles. The number of nitrogens with one attached hydrogen (secondary N) is 3. The quantitative estimate of drug-likeness (QED) is 0.201. The van der Waals surface area contributed by atoms with Gasteiger partial charge < -0.3 is 21.1 Å². The number of amides is 3. The Morgan fingerprint density at radius 3 is 2.54 bits per heavy atom. The minimum absolute atomic E-state index is 0.0313. The van der Waals surface area contributed by atoms with Crippen molar-refractivity contribution in [2.45, 2.75) is 32.4 Å². The summed E-state index contributed by atoms with van der Waals surface area (Å²) < 4.78 is 28.2. The van der Waals surface area contributed by atoms with Crippen LogP contribution in [0.15, 0.2) is 67.1 Å². The van der Waals surface area contributed by atoms with Crippen LogP contribution in [0.5, 0.6) is 0 Å². The molecule has 5 aromatic rings. The van der Waals surface area contributed by atoms with E-state index < -0.39 is 41.4 Å². The number of nitrogens with zero attached hydrogens (tertiary/aromatic N) is 4. The van der Waals surface area contributed by atoms with Gasteiger partial charge in [-0.25, -0.2) is 23.1 Å². The average molecular weight is 626 g/mol. The van der Waals surface area contributed by atoms with Gasteiger partial charge >= 0.3 is 5.97 Å². The Balaban J connectivity index is 1.33. The van der Waals surface area contributed by atoms with Crippen molar-refractivity contribution in [2.24, 2.45) is 0 Å². The van der Waals surface area contributed by atoms with Crippen LogP contribution in [-0.4, -0.2) is 48.4 Å². The molecule has 0 bridgehead atoms. The third kappa shape index (κ3) is 5.75. The van der Waals surface area contributed by atoms with Crippen molar-refractivity contribution in [1.82, 2.24) is 30.2 Å². The molecular weight excluding hydrogens is 600 g/mol. The Labute approximate surface area is 259 Å². The fourth-order valence-electron chi connectivity index (χ4n) is 5.45. The standard InChI is InChI=1S/C32H25F2N7O5/c1-16-19-7-9-25(21(19)6-5-20(16)32(45)46)40-31(44)27-12-26(30(43)36-13-17-4-8-23(33)24(34)11-17)39-28-22(15-37-41(27)28)29(42)38-18-3-2-10-35-14-18/h2-6,8,10-12,14-15,25H,7,9,13H2,1H3,(H,36,43)(H,38,42)(H,40,44)(H,45,46)/t25-/m0/s1. The number of pyridine rings is 1. The number of hydrogen-bond acceptors (Lipinski definition) is 7. The van der Waals surface area contributed by atoms with Crippen LogP contribution in [0.4, 0.5) is 14.5 Å². The number of rotatable bonds is 8. The third-order valence-electron chi connectivity index (χ3n) is 7.77. The normalized spacial score (nSPS) is 13.7. The highest BCUT2D eigenvalue weighted by Crippen LogP contribution is 2.35. The van der Waals surface area contributed by atoms with Crippen LogP contribution in [0.1, 0.15) is 76.4 Å². The molecule has 3 aromatic heterocycles. The molecule has 12 nitrogen and oxygen atoms in total. The second-order valence-corrected chi connectivity index (χ2v) is 10.6. The Morgan fingerprint density at radius 2 is 1.80 bits per heavy atom. The first-order chi connectivity index (χ1) is 22.1. The lowest BCUT2D eigenvalue weighted by Gasteiger charge is -2.16. The molecule has 0 fully saturated rings. The number of carbonyl (C=O) groups is 4. The molecule has 0 saturated heterocycles. The zero-order valence-corrected chi connectivity index (χ0v) is 24.2. The fraction of sp³-hybridized carbons (Fsp3) is 0.156. The van der Waals surface area contributed by atoms with E-state index in [1.54, 1.807) is 25.1 Å². The summed E-state index contributed by atoms with van der Waals surface area (Å²) in [5.74, 6) is -5.12. The summed E-state index contributed by atoms with van der Waals surface area (Å²) in [5, 5.41) is 21.9. The summed E-state index contributed by atoms with van der Waals surface area (Å²) in [4.78, 5) is 60.1. The van der Waals surface area contributed by atoms with Gasteiger partial charge in [0.25, 0.3) is 17.7 Å². The molecule has 1 aliphatic carbocycles. The molecule has 0 radical (unpaired) electrons. The van der Waals surface area contributed by atoms with Gasteiger partial charge in [0.1, 0.15) is 17.0 Å². The van der Waals surface area contributed by atoms with E-state index in [4.69, 9.17) is 0 Å². The lowest BCUT2D eigenvalue weighted by molar-refractivity contribution is 0.0695. The molecule has 3 amide bonds. The van der Waals surface area contributed by atoms with Crippen molar-refractivity contribution in [3.05, 3.63) is 124 Å². The number of fused-ring (bicyclic) bond motifs is 2. The number of hydrogen-bond donors (Lipinski definition) is 4. The molecule has 14 heteroatoms. The summed E-state index contributed by atoms with van der Waals surface area (Å²) in [5.41, 5.74) is 2.68. The second-order valence-electron chi connectivity index (χ2n) is 10.6. The molecule has 46 heavy (non-hydrogen) atoms. The zero-order valence-electron chi connectivity index (χ0n) is 24.2. The molecule has 2 aromatic carbocycles. The van der Waals surface area contributed by atoms with Gasteiger partial charge in [-0.15, -0.1) is 0 Å². The van der Waals surface area contributed by atoms with Gasteiger partial charge in [-0.3, -0.25) is 19.4 Å². The number of halogens is 2. The number of carboxylic acid groups (broad SMARTS) is 1. The summed E-state index contributed by atoms with van der Waals surface area (Å²) in [6.07, 6.45) is 5.26. The maximum atomic E-state index is 13.8. The smallest absolute Gasteiger partial charge is 0.335 e. The lowest BCUT2D eigenvalue weighted by Crippen LogP contribution is -2.31. The van der Waals surface area contributed by atoms with E-state index in [0.29, 0.717) is 24.1 Å². The van der Waals surface area contributed by atoms with Crippen LogP contribution in [0, 0.1) is 18.6 Å². The molecule has 1 atom stereocenters. The minimum atomic E-state index is -1.07. The van der Waals surface area contributed by atoms with E-state index in [0.717, 1.165) is 27.8 Å². The molecule has 0 spiro atoms. The number of anilines is 1. The van der Waals surface area contributed by atoms with E-state index in [1.165, 1.54) is 36.8 Å². The second kappa shape index (κ2) is 12.1. The molecule has 4 N–H and O–H groups in total. The highest BCUT2D eigenvalue weighted by molar-refractivity contribution is 6.09. The van der Waals surface area contributed by atoms with Gasteiger partial charge in [-0.2, -0.15) is 5.10 Å². The molecule has 0 saturated carbocycles. The van der Waals surface area contributed by atoms with Crippen LogP contribution in [0.25, 0.3) is 5.65 Å². The van der Waals surface area contributed by atoms with Crippen molar-refractivity contribution in [3.63, 3.8) is 0 Å². The number of aromatic carboxylic acids is 1. The van der Waals surface area contributed by atoms with Crippen LogP contribution in [-0.2, 0) is 13.0 Å². The van der Waals surface area contributed by atoms with Crippen molar-refractivity contribution >= 4 is 35.0 Å². The van der Waals surface area contributed by atoms with Crippen molar-refractivity contribution in [3.8, 4) is 0 Å². The fourth-order valence-corrected chi connectivity index (χ4v) is 5.45. The van der Waals surface area contributed by atoms with Crippen molar-refractivity contribution in [1.29, 1.82) is 0 Å². The van der Waals surface area contributed by atoms with Gasteiger partial charge in [-0.1, -0.05) is 12.1 Å². The Hall–Kier alpha value is -6.05. The first kappa shape index (κ1) is 30.0. The number of benzene rings is 2. The molecule has 0 unspecified atom stereocenters. The van der Waals surface area contributed by atoms with Gasteiger partial charge in [0.05, 0.1) is 29.7 Å². The molecule has 0 aliphatic heterocycles. The van der Waals surface area contributed by atoms with Gasteiger partial charge in [0.2, 0.25) is 0 Å². The third-order valence-corrected chi connectivity index (χ3v) is 7.77. The predicted molar refractivity (Wildman–Crippen MR) is 159 cm³/mol. The Morgan fingerprint density at radius 1 is 0.978 bits per heavy atom. The van der Waals surface area contributed by atoms with Crippen LogP contribution in [0.3, 0.4) is 0 Å². The van der Waals surface area contributed by atoms with E-state index in [2.05, 4.69) is 31.0 Å². The number of carboxylic acids is 1. The highest BCUT2D eigenvalue weighted by Gasteiger charge is 2.29. The molecule has 6 rings (SSSR count). The zero-order chi connectivity index (χ0) is 32.5. The Bertz CT molecular complexity index is 2050. The summed E-state index contributed by atoms with van der Waals surface area (Å²) >= 11 is 0. The van der Waals surface area contributed by atoms with Gasteiger partial charge in [-0.05, 0) is 72.4 Å². The summed E-state index contributed by atoms with van der Waals surface area (Å²) in [7, 11) is 0. The summed E-state index contributed by atoms with van der Waals surface area (Å²) in [6.45, 7) is 1.56. The van der Waals surface area contributed by atoms with E-state index in [1.807, 2.05) is 0 Å². The predicted octanol–water partition coefficient (Wildman–Crippen LogP) is 4.01. The topological polar surface area (TPSA) is 168 Å². The Kier molecular flexibility index (Phi) is 7.92. The van der Waals surface area contributed by atoms with Gasteiger partial charge in [0.15, 0.2) is 17.3 Å². The average Bonchev–Trinajstić information content (AvgIpc) is 3.66. The van der Waals surface area contributed by atoms with Crippen LogP contribution < -0.4 is 16.0 Å². The maximum absolute atomic E-state index is 13.8. The molecule has 232 valence electrons. The van der Waals surface area contributed by atoms with Crippen molar-refractivity contribution in [2.75, 3.05) is 5.32 Å². The van der Waals surface area contributed by atoms with Crippen LogP contribution in [0.2, 0.25) is 0 Å². The SMILES string of the molecule is Cc1c(C(=O)O)ccc2c1CC[C@@H]2NC(=O)c1cc(C(=O)NCc2ccc(F)c(F)c2)nc2c(C(=O)Nc3cccnc3)cnn12. The minimum Gasteiger partial charge on any atom is -0.478 e. The monoisotopic (exact) mass is 625 g/mol. The maximum Gasteiger partial charge on any atom is 0.335 e. The van der Waals surface area contributed by atoms with Crippen molar-refractivity contribution < 1.29 is 33.1 Å². The number of carbonyl (C=O) groups excluding carboxylic acids is 3. The largest absolute Gasteiger partial charge is 0.478 e. The molecule has 1 aliphatic rings. The van der Waals surface area contributed by atoms with E-state index in [-0.39, 0.29) is 40.3 Å².